The van der Waals surface area contributed by atoms with Crippen LogP contribution in [0.5, 0.6) is 5.75 Å². The van der Waals surface area contributed by atoms with Crippen molar-refractivity contribution in [2.45, 2.75) is 13.0 Å². The van der Waals surface area contributed by atoms with Gasteiger partial charge in [-0.25, -0.2) is 8.42 Å². The first-order chi connectivity index (χ1) is 12.0. The lowest BCUT2D eigenvalue weighted by molar-refractivity contribution is 0.177. The van der Waals surface area contributed by atoms with Crippen molar-refractivity contribution in [3.63, 3.8) is 0 Å². The van der Waals surface area contributed by atoms with Crippen molar-refractivity contribution in [1.82, 2.24) is 9.29 Å². The molecule has 0 saturated heterocycles. The summed E-state index contributed by atoms with van der Waals surface area (Å²) in [5.41, 5.74) is 1.86. The van der Waals surface area contributed by atoms with Crippen LogP contribution in [0.4, 0.5) is 0 Å². The van der Waals surface area contributed by atoms with Crippen molar-refractivity contribution in [1.29, 1.82) is 0 Å². The van der Waals surface area contributed by atoms with Gasteiger partial charge in [-0.15, -0.1) is 0 Å². The van der Waals surface area contributed by atoms with E-state index < -0.39 is 10.0 Å². The van der Waals surface area contributed by atoms with E-state index in [1.807, 2.05) is 36.4 Å². The predicted molar refractivity (Wildman–Crippen MR) is 97.0 cm³/mol. The van der Waals surface area contributed by atoms with Crippen molar-refractivity contribution in [3.05, 3.63) is 59.9 Å². The van der Waals surface area contributed by atoms with Gasteiger partial charge in [-0.05, 0) is 41.8 Å². The van der Waals surface area contributed by atoms with E-state index in [9.17, 15) is 8.42 Å². The number of nitrogens with zero attached hydrogens (tertiary/aromatic N) is 2. The molecule has 0 saturated carbocycles. The molecule has 0 aliphatic carbocycles. The van der Waals surface area contributed by atoms with Crippen molar-refractivity contribution in [2.24, 2.45) is 0 Å². The van der Waals surface area contributed by atoms with Crippen molar-refractivity contribution >= 4 is 10.0 Å². The van der Waals surface area contributed by atoms with Gasteiger partial charge in [0.1, 0.15) is 5.75 Å². The third-order valence-electron chi connectivity index (χ3n) is 3.85. The summed E-state index contributed by atoms with van der Waals surface area (Å²) in [7, 11) is -0.238. The number of ether oxygens (including phenoxy) is 2. The number of hydrogen-bond donors (Lipinski definition) is 0. The van der Waals surface area contributed by atoms with E-state index in [2.05, 4.69) is 4.98 Å². The summed E-state index contributed by atoms with van der Waals surface area (Å²) in [6, 6.07) is 11.1. The maximum atomic E-state index is 12.8. The Hall–Kier alpha value is -1.96. The lowest BCUT2D eigenvalue weighted by Crippen LogP contribution is -2.35. The van der Waals surface area contributed by atoms with Crippen LogP contribution in [0.3, 0.4) is 0 Å². The molecule has 0 spiro atoms. The van der Waals surface area contributed by atoms with Crippen molar-refractivity contribution in [2.75, 3.05) is 33.1 Å². The highest BCUT2D eigenvalue weighted by Crippen LogP contribution is 2.14. The second-order valence-corrected chi connectivity index (χ2v) is 7.68. The smallest absolute Gasteiger partial charge is 0.214 e. The Morgan fingerprint density at radius 3 is 2.28 bits per heavy atom. The number of pyridine rings is 1. The van der Waals surface area contributed by atoms with Gasteiger partial charge in [-0.1, -0.05) is 12.1 Å². The van der Waals surface area contributed by atoms with Crippen molar-refractivity contribution in [3.8, 4) is 5.75 Å². The molecule has 0 unspecified atom stereocenters. The Morgan fingerprint density at radius 2 is 1.68 bits per heavy atom. The number of aryl methyl sites for hydroxylation is 1. The molecule has 0 atom stereocenters. The standard InChI is InChI=1S/C18H24N2O4S/c1-23-13-12-20(15-17-7-10-19-11-8-17)25(21,22)14-9-16-3-5-18(24-2)6-4-16/h3-8,10-11H,9,12-15H2,1-2H3. The van der Waals surface area contributed by atoms with E-state index in [-0.39, 0.29) is 5.75 Å². The molecule has 7 heteroatoms. The van der Waals surface area contributed by atoms with E-state index >= 15 is 0 Å². The maximum Gasteiger partial charge on any atom is 0.214 e. The molecule has 0 radical (unpaired) electrons. The second-order valence-electron chi connectivity index (χ2n) is 5.60. The van der Waals surface area contributed by atoms with E-state index in [1.165, 1.54) is 4.31 Å². The van der Waals surface area contributed by atoms with Crippen LogP contribution in [0, 0.1) is 0 Å². The fraction of sp³-hybridized carbons (Fsp3) is 0.389. The molecule has 0 fully saturated rings. The quantitative estimate of drug-likeness (QED) is 0.646. The fourth-order valence-electron chi connectivity index (χ4n) is 2.37. The average Bonchev–Trinajstić information content (AvgIpc) is 2.64. The molecule has 0 N–H and O–H groups in total. The summed E-state index contributed by atoms with van der Waals surface area (Å²) in [6.45, 7) is 0.993. The van der Waals surface area contributed by atoms with Crippen LogP contribution < -0.4 is 4.74 Å². The summed E-state index contributed by atoms with van der Waals surface area (Å²) >= 11 is 0. The Labute approximate surface area is 149 Å². The highest BCUT2D eigenvalue weighted by molar-refractivity contribution is 7.89. The number of rotatable bonds is 10. The summed E-state index contributed by atoms with van der Waals surface area (Å²) in [4.78, 5) is 3.96. The summed E-state index contributed by atoms with van der Waals surface area (Å²) < 4.78 is 37.2. The molecule has 136 valence electrons. The van der Waals surface area contributed by atoms with Gasteiger partial charge in [-0.3, -0.25) is 4.98 Å². The largest absolute Gasteiger partial charge is 0.497 e. The molecule has 2 rings (SSSR count). The molecule has 2 aromatic rings. The van der Waals surface area contributed by atoms with E-state index in [0.29, 0.717) is 26.1 Å². The molecule has 1 aromatic heterocycles. The van der Waals surface area contributed by atoms with Crippen LogP contribution in [0.2, 0.25) is 0 Å². The van der Waals surface area contributed by atoms with Gasteiger partial charge in [0.05, 0.1) is 19.5 Å². The molecule has 0 aliphatic heterocycles. The zero-order valence-electron chi connectivity index (χ0n) is 14.6. The maximum absolute atomic E-state index is 12.8. The van der Waals surface area contributed by atoms with Gasteiger partial charge in [0.15, 0.2) is 0 Å². The summed E-state index contributed by atoms with van der Waals surface area (Å²) in [5, 5.41) is 0. The van der Waals surface area contributed by atoms with Gasteiger partial charge in [0.25, 0.3) is 0 Å². The molecular formula is C18H24N2O4S. The first-order valence-corrected chi connectivity index (χ1v) is 9.64. The normalized spacial score (nSPS) is 11.6. The lowest BCUT2D eigenvalue weighted by atomic mass is 10.2. The minimum Gasteiger partial charge on any atom is -0.497 e. The predicted octanol–water partition coefficient (Wildman–Crippen LogP) is 2.11. The third-order valence-corrected chi connectivity index (χ3v) is 5.67. The number of sulfonamides is 1. The molecule has 6 nitrogen and oxygen atoms in total. The average molecular weight is 364 g/mol. The Balaban J connectivity index is 2.05. The molecule has 0 amide bonds. The molecular weight excluding hydrogens is 340 g/mol. The third kappa shape index (κ3) is 6.12. The first kappa shape index (κ1) is 19.4. The van der Waals surface area contributed by atoms with Crippen molar-refractivity contribution < 1.29 is 17.9 Å². The van der Waals surface area contributed by atoms with E-state index in [0.717, 1.165) is 16.9 Å². The Morgan fingerprint density at radius 1 is 1.00 bits per heavy atom. The van der Waals surface area contributed by atoms with Gasteiger partial charge in [0.2, 0.25) is 10.0 Å². The topological polar surface area (TPSA) is 68.7 Å². The summed E-state index contributed by atoms with van der Waals surface area (Å²) in [5.74, 6) is 0.805. The van der Waals surface area contributed by atoms with Gasteiger partial charge in [-0.2, -0.15) is 4.31 Å². The SMILES string of the molecule is COCCN(Cc1ccncc1)S(=O)(=O)CCc1ccc(OC)cc1. The second kappa shape index (κ2) is 9.50. The fourth-order valence-corrected chi connectivity index (χ4v) is 3.82. The molecule has 0 bridgehead atoms. The molecule has 1 heterocycles. The van der Waals surface area contributed by atoms with Crippen LogP contribution in [0.25, 0.3) is 0 Å². The molecule has 0 aliphatic rings. The molecule has 25 heavy (non-hydrogen) atoms. The van der Waals surface area contributed by atoms with Gasteiger partial charge < -0.3 is 9.47 Å². The minimum atomic E-state index is -3.41. The number of benzene rings is 1. The monoisotopic (exact) mass is 364 g/mol. The van der Waals surface area contributed by atoms with Crippen LogP contribution >= 0.6 is 0 Å². The highest BCUT2D eigenvalue weighted by Gasteiger charge is 2.22. The molecule has 1 aromatic carbocycles. The minimum absolute atomic E-state index is 0.0497. The highest BCUT2D eigenvalue weighted by atomic mass is 32.2. The Bertz CT molecular complexity index is 733. The zero-order valence-corrected chi connectivity index (χ0v) is 15.4. The van der Waals surface area contributed by atoms with Crippen LogP contribution in [-0.4, -0.2) is 50.8 Å². The van der Waals surface area contributed by atoms with Crippen LogP contribution in [-0.2, 0) is 27.7 Å². The summed E-state index contributed by atoms with van der Waals surface area (Å²) in [6.07, 6.45) is 3.77. The number of aromatic nitrogens is 1. The number of methoxy groups -OCH3 is 2. The van der Waals surface area contributed by atoms with E-state index in [4.69, 9.17) is 9.47 Å². The van der Waals surface area contributed by atoms with Crippen LogP contribution in [0.15, 0.2) is 48.8 Å². The lowest BCUT2D eigenvalue weighted by Gasteiger charge is -2.22. The van der Waals surface area contributed by atoms with E-state index in [1.54, 1.807) is 26.6 Å². The Kier molecular flexibility index (Phi) is 7.36. The zero-order chi connectivity index (χ0) is 18.1. The van der Waals surface area contributed by atoms with Gasteiger partial charge >= 0.3 is 0 Å². The van der Waals surface area contributed by atoms with Gasteiger partial charge in [0, 0.05) is 32.6 Å². The van der Waals surface area contributed by atoms with Crippen LogP contribution in [0.1, 0.15) is 11.1 Å². The number of hydrogen-bond acceptors (Lipinski definition) is 5. The first-order valence-electron chi connectivity index (χ1n) is 8.04.